The summed E-state index contributed by atoms with van der Waals surface area (Å²) in [6.45, 7) is 2.53. The van der Waals surface area contributed by atoms with E-state index >= 15 is 0 Å². The third-order valence-corrected chi connectivity index (χ3v) is 6.10. The number of nitrogens with zero attached hydrogens (tertiary/aromatic N) is 3. The van der Waals surface area contributed by atoms with Crippen LogP contribution < -0.4 is 4.31 Å². The Hall–Kier alpha value is -3.24. The molecule has 0 unspecified atom stereocenters. The van der Waals surface area contributed by atoms with Gasteiger partial charge in [0.15, 0.2) is 0 Å². The van der Waals surface area contributed by atoms with Crippen molar-refractivity contribution in [3.8, 4) is 0 Å². The minimum atomic E-state index is -5.08. The van der Waals surface area contributed by atoms with Gasteiger partial charge in [0.25, 0.3) is 11.8 Å². The number of aliphatic carboxylic acids is 2. The van der Waals surface area contributed by atoms with E-state index in [4.69, 9.17) is 19.7 Å². The lowest BCUT2D eigenvalue weighted by atomic mass is 10.1. The average molecular weight is 525 g/mol. The molecule has 1 saturated heterocycles. The van der Waals surface area contributed by atoms with Crippen LogP contribution in [0.15, 0.2) is 18.2 Å². The lowest BCUT2D eigenvalue weighted by molar-refractivity contribution is -0.192. The number of carbonyl (C=O) groups is 4. The van der Waals surface area contributed by atoms with E-state index in [0.29, 0.717) is 37.7 Å². The SMILES string of the molecule is CS(=O)(=O)N(CCN1CCOCC1)c1ccc2c(c1)C(=O)N(CC(=O)O)C2=O.O=C(O)C(F)(F)F. The first kappa shape index (κ1) is 28.0. The molecule has 2 aliphatic heterocycles. The first-order valence-electron chi connectivity index (χ1n) is 9.93. The van der Waals surface area contributed by atoms with E-state index in [1.807, 2.05) is 0 Å². The first-order valence-corrected chi connectivity index (χ1v) is 11.8. The van der Waals surface area contributed by atoms with Crippen LogP contribution in [0.2, 0.25) is 0 Å². The summed E-state index contributed by atoms with van der Waals surface area (Å²) in [7, 11) is -3.63. The van der Waals surface area contributed by atoms with E-state index in [0.717, 1.165) is 6.26 Å². The van der Waals surface area contributed by atoms with Crippen molar-refractivity contribution in [1.29, 1.82) is 0 Å². The number of carbonyl (C=O) groups excluding carboxylic acids is 2. The zero-order valence-corrected chi connectivity index (χ0v) is 19.1. The second-order valence-corrected chi connectivity index (χ2v) is 9.32. The molecule has 2 heterocycles. The monoisotopic (exact) mass is 525 g/mol. The number of imide groups is 1. The molecule has 2 aliphatic rings. The lowest BCUT2D eigenvalue weighted by Gasteiger charge is -2.30. The van der Waals surface area contributed by atoms with Gasteiger partial charge in [-0.05, 0) is 18.2 Å². The van der Waals surface area contributed by atoms with Crippen molar-refractivity contribution < 1.29 is 55.7 Å². The first-order chi connectivity index (χ1) is 16.1. The molecule has 2 N–H and O–H groups in total. The predicted octanol–water partition coefficient (Wildman–Crippen LogP) is 0.0987. The molecule has 0 atom stereocenters. The summed E-state index contributed by atoms with van der Waals surface area (Å²) in [6, 6.07) is 4.14. The molecule has 12 nitrogen and oxygen atoms in total. The van der Waals surface area contributed by atoms with E-state index in [9.17, 15) is 36.0 Å². The molecule has 0 saturated carbocycles. The molecule has 0 bridgehead atoms. The molecular formula is C19H22F3N3O9S. The van der Waals surface area contributed by atoms with Gasteiger partial charge in [-0.3, -0.25) is 28.5 Å². The van der Waals surface area contributed by atoms with Gasteiger partial charge in [-0.15, -0.1) is 0 Å². The zero-order chi connectivity index (χ0) is 26.6. The number of halogens is 3. The molecule has 194 valence electrons. The number of amides is 2. The molecule has 16 heteroatoms. The van der Waals surface area contributed by atoms with Gasteiger partial charge in [-0.1, -0.05) is 0 Å². The Bertz CT molecular complexity index is 1100. The maximum Gasteiger partial charge on any atom is 0.490 e. The van der Waals surface area contributed by atoms with Crippen molar-refractivity contribution in [1.82, 2.24) is 9.80 Å². The second kappa shape index (κ2) is 11.0. The molecule has 0 aliphatic carbocycles. The minimum Gasteiger partial charge on any atom is -0.480 e. The van der Waals surface area contributed by atoms with Gasteiger partial charge in [0.2, 0.25) is 10.0 Å². The Morgan fingerprint density at radius 3 is 2.11 bits per heavy atom. The van der Waals surface area contributed by atoms with Gasteiger partial charge in [0.05, 0.1) is 36.3 Å². The second-order valence-electron chi connectivity index (χ2n) is 7.41. The fraction of sp³-hybridized carbons (Fsp3) is 0.474. The van der Waals surface area contributed by atoms with Crippen LogP contribution in [-0.2, 0) is 24.3 Å². The van der Waals surface area contributed by atoms with Crippen molar-refractivity contribution in [2.45, 2.75) is 6.18 Å². The van der Waals surface area contributed by atoms with Crippen molar-refractivity contribution in [3.05, 3.63) is 29.3 Å². The molecular weight excluding hydrogens is 503 g/mol. The predicted molar refractivity (Wildman–Crippen MR) is 113 cm³/mol. The maximum atomic E-state index is 12.4. The third kappa shape index (κ3) is 7.37. The van der Waals surface area contributed by atoms with E-state index in [-0.39, 0.29) is 23.4 Å². The zero-order valence-electron chi connectivity index (χ0n) is 18.3. The number of sulfonamides is 1. The summed E-state index contributed by atoms with van der Waals surface area (Å²) < 4.78 is 62.8. The highest BCUT2D eigenvalue weighted by Gasteiger charge is 2.38. The molecule has 0 spiro atoms. The Balaban J connectivity index is 0.000000540. The van der Waals surface area contributed by atoms with Crippen LogP contribution in [0, 0.1) is 0 Å². The Labute approximate surface area is 197 Å². The highest BCUT2D eigenvalue weighted by Crippen LogP contribution is 2.28. The lowest BCUT2D eigenvalue weighted by Crippen LogP contribution is -2.43. The summed E-state index contributed by atoms with van der Waals surface area (Å²) >= 11 is 0. The molecule has 3 rings (SSSR count). The number of hydrogen-bond donors (Lipinski definition) is 2. The highest BCUT2D eigenvalue weighted by atomic mass is 32.2. The average Bonchev–Trinajstić information content (AvgIpc) is 2.97. The number of fused-ring (bicyclic) bond motifs is 1. The number of morpholine rings is 1. The molecule has 0 aromatic heterocycles. The van der Waals surface area contributed by atoms with Crippen LogP contribution in [0.25, 0.3) is 0 Å². The minimum absolute atomic E-state index is 0.00349. The quantitative estimate of drug-likeness (QED) is 0.467. The normalized spacial score (nSPS) is 16.4. The number of carboxylic acids is 2. The van der Waals surface area contributed by atoms with Crippen molar-refractivity contribution in [2.24, 2.45) is 0 Å². The summed E-state index contributed by atoms with van der Waals surface area (Å²) in [5.41, 5.74) is 0.327. The van der Waals surface area contributed by atoms with Gasteiger partial charge in [0, 0.05) is 26.2 Å². The van der Waals surface area contributed by atoms with Crippen molar-refractivity contribution >= 4 is 39.5 Å². The molecule has 1 aromatic rings. The molecule has 2 amide bonds. The van der Waals surface area contributed by atoms with E-state index < -0.39 is 46.5 Å². The fourth-order valence-electron chi connectivity index (χ4n) is 3.26. The number of carboxylic acid groups (broad SMARTS) is 2. The molecule has 35 heavy (non-hydrogen) atoms. The van der Waals surface area contributed by atoms with Crippen LogP contribution in [0.1, 0.15) is 20.7 Å². The number of hydrogen-bond acceptors (Lipinski definition) is 8. The summed E-state index contributed by atoms with van der Waals surface area (Å²) in [5.74, 6) is -5.51. The number of anilines is 1. The number of rotatable bonds is 7. The number of benzene rings is 1. The highest BCUT2D eigenvalue weighted by molar-refractivity contribution is 7.92. The number of ether oxygens (including phenoxy) is 1. The number of alkyl halides is 3. The van der Waals surface area contributed by atoms with Crippen LogP contribution in [0.3, 0.4) is 0 Å². The Morgan fingerprint density at radius 2 is 1.63 bits per heavy atom. The smallest absolute Gasteiger partial charge is 0.480 e. The van der Waals surface area contributed by atoms with E-state index in [2.05, 4.69) is 4.90 Å². The molecule has 1 aromatic carbocycles. The van der Waals surface area contributed by atoms with Crippen LogP contribution in [0.5, 0.6) is 0 Å². The van der Waals surface area contributed by atoms with Crippen LogP contribution in [-0.4, -0.2) is 111 Å². The van der Waals surface area contributed by atoms with E-state index in [1.54, 1.807) is 0 Å². The van der Waals surface area contributed by atoms with Gasteiger partial charge in [-0.2, -0.15) is 13.2 Å². The topological polar surface area (TPSA) is 162 Å². The Kier molecular flexibility index (Phi) is 8.80. The van der Waals surface area contributed by atoms with Gasteiger partial charge in [-0.25, -0.2) is 13.2 Å². The Morgan fingerprint density at radius 1 is 1.09 bits per heavy atom. The van der Waals surface area contributed by atoms with Gasteiger partial charge < -0.3 is 14.9 Å². The van der Waals surface area contributed by atoms with Gasteiger partial charge in [0.1, 0.15) is 6.54 Å². The molecule has 1 fully saturated rings. The van der Waals surface area contributed by atoms with Crippen LogP contribution in [0.4, 0.5) is 18.9 Å². The van der Waals surface area contributed by atoms with Gasteiger partial charge >= 0.3 is 18.1 Å². The summed E-state index contributed by atoms with van der Waals surface area (Å²) in [4.78, 5) is 47.2. The standard InChI is InChI=1S/C17H21N3O7S.C2HF3O2/c1-28(25,26)20(5-4-18-6-8-27-9-7-18)12-2-3-13-14(10-12)17(24)19(16(13)23)11-15(21)22;3-2(4,5)1(6)7/h2-3,10H,4-9,11H2,1H3,(H,21,22);(H,6,7). The van der Waals surface area contributed by atoms with Crippen molar-refractivity contribution in [3.63, 3.8) is 0 Å². The van der Waals surface area contributed by atoms with Crippen molar-refractivity contribution in [2.75, 3.05) is 56.5 Å². The van der Waals surface area contributed by atoms with E-state index in [1.165, 1.54) is 22.5 Å². The van der Waals surface area contributed by atoms with Crippen LogP contribution >= 0.6 is 0 Å². The third-order valence-electron chi connectivity index (χ3n) is 4.90. The summed E-state index contributed by atoms with van der Waals surface area (Å²) in [6.07, 6.45) is -4.01. The maximum absolute atomic E-state index is 12.4. The summed E-state index contributed by atoms with van der Waals surface area (Å²) in [5, 5.41) is 16.0. The largest absolute Gasteiger partial charge is 0.490 e. The fourth-order valence-corrected chi connectivity index (χ4v) is 4.17. The molecule has 0 radical (unpaired) electrons.